The van der Waals surface area contributed by atoms with E-state index in [0.29, 0.717) is 5.13 Å². The van der Waals surface area contributed by atoms with E-state index in [1.165, 1.54) is 22.4 Å². The molecule has 0 saturated carbocycles. The minimum absolute atomic E-state index is 0.0373. The highest BCUT2D eigenvalue weighted by Gasteiger charge is 2.15. The molecule has 0 unspecified atom stereocenters. The average Bonchev–Trinajstić information content (AvgIpc) is 2.69. The zero-order valence-corrected chi connectivity index (χ0v) is 9.79. The van der Waals surface area contributed by atoms with Gasteiger partial charge in [0.15, 0.2) is 5.13 Å². The minimum atomic E-state index is -2.53. The summed E-state index contributed by atoms with van der Waals surface area (Å²) in [4.78, 5) is 16.5. The maximum Gasteiger partial charge on any atom is 0.251 e. The number of amides is 1. The Morgan fingerprint density at radius 1 is 1.65 bits per heavy atom. The molecule has 0 aliphatic carbocycles. The summed E-state index contributed by atoms with van der Waals surface area (Å²) in [5.41, 5.74) is 0. The second-order valence-corrected chi connectivity index (χ2v) is 4.13. The fraction of sp³-hybridized carbons (Fsp3) is 0.556. The Balaban J connectivity index is 2.40. The van der Waals surface area contributed by atoms with Gasteiger partial charge in [-0.05, 0) is 0 Å². The Bertz CT molecular complexity index is 335. The van der Waals surface area contributed by atoms with Crippen molar-refractivity contribution in [2.45, 2.75) is 6.43 Å². The van der Waals surface area contributed by atoms with Crippen molar-refractivity contribution in [2.75, 3.05) is 31.6 Å². The largest absolute Gasteiger partial charge is 0.395 e. The standard InChI is InChI=1S/C9H13F2N3O2S/c10-7(11)5-14(2-3-15)6-8(16)13-9-12-1-4-17-9/h1,4,7,15H,2-3,5-6H2,(H,12,13,16). The van der Waals surface area contributed by atoms with Gasteiger partial charge in [0.05, 0.1) is 19.7 Å². The van der Waals surface area contributed by atoms with Crippen molar-refractivity contribution in [3.8, 4) is 0 Å². The van der Waals surface area contributed by atoms with Crippen LogP contribution < -0.4 is 5.32 Å². The fourth-order valence-corrected chi connectivity index (χ4v) is 1.76. The van der Waals surface area contributed by atoms with Gasteiger partial charge in [-0.15, -0.1) is 11.3 Å². The molecule has 0 spiro atoms. The molecular formula is C9H13F2N3O2S. The van der Waals surface area contributed by atoms with Gasteiger partial charge in [0.2, 0.25) is 5.91 Å². The van der Waals surface area contributed by atoms with Crippen LogP contribution in [0.4, 0.5) is 13.9 Å². The number of halogens is 2. The fourth-order valence-electron chi connectivity index (χ4n) is 1.22. The number of rotatable bonds is 7. The van der Waals surface area contributed by atoms with Crippen molar-refractivity contribution in [3.63, 3.8) is 0 Å². The Hall–Kier alpha value is -1.12. The summed E-state index contributed by atoms with van der Waals surface area (Å²) >= 11 is 1.25. The van der Waals surface area contributed by atoms with Crippen molar-refractivity contribution in [2.24, 2.45) is 0 Å². The number of aliphatic hydroxyl groups excluding tert-OH is 1. The predicted molar refractivity (Wildman–Crippen MR) is 60.3 cm³/mol. The summed E-state index contributed by atoms with van der Waals surface area (Å²) in [6, 6.07) is 0. The van der Waals surface area contributed by atoms with Crippen LogP contribution in [0.25, 0.3) is 0 Å². The van der Waals surface area contributed by atoms with Crippen LogP contribution in [0.15, 0.2) is 11.6 Å². The zero-order chi connectivity index (χ0) is 12.7. The molecule has 0 fully saturated rings. The van der Waals surface area contributed by atoms with Crippen LogP contribution in [0, 0.1) is 0 Å². The molecule has 0 bridgehead atoms. The molecule has 1 aromatic rings. The number of nitrogens with one attached hydrogen (secondary N) is 1. The number of carbonyl (C=O) groups is 1. The van der Waals surface area contributed by atoms with Gasteiger partial charge in [-0.25, -0.2) is 13.8 Å². The lowest BCUT2D eigenvalue weighted by atomic mass is 10.4. The Morgan fingerprint density at radius 2 is 2.41 bits per heavy atom. The molecule has 0 aromatic carbocycles. The molecule has 1 rings (SSSR count). The monoisotopic (exact) mass is 265 g/mol. The molecule has 0 atom stereocenters. The molecule has 17 heavy (non-hydrogen) atoms. The van der Waals surface area contributed by atoms with Crippen LogP contribution in [-0.4, -0.2) is 53.6 Å². The second kappa shape index (κ2) is 7.25. The summed E-state index contributed by atoms with van der Waals surface area (Å²) in [5.74, 6) is -0.422. The Kier molecular flexibility index (Phi) is 5.95. The molecule has 5 nitrogen and oxygen atoms in total. The predicted octanol–water partition coefficient (Wildman–Crippen LogP) is 0.641. The van der Waals surface area contributed by atoms with Crippen molar-refractivity contribution < 1.29 is 18.7 Å². The Morgan fingerprint density at radius 3 is 2.94 bits per heavy atom. The first-order valence-electron chi connectivity index (χ1n) is 4.92. The first kappa shape index (κ1) is 13.9. The summed E-state index contributed by atoms with van der Waals surface area (Å²) in [5, 5.41) is 13.3. The van der Waals surface area contributed by atoms with Gasteiger partial charge < -0.3 is 10.4 Å². The Labute approximate surface area is 101 Å². The number of aliphatic hydroxyl groups is 1. The number of hydrogen-bond acceptors (Lipinski definition) is 5. The van der Waals surface area contributed by atoms with E-state index < -0.39 is 18.9 Å². The number of alkyl halides is 2. The highest BCUT2D eigenvalue weighted by atomic mass is 32.1. The van der Waals surface area contributed by atoms with E-state index in [0.717, 1.165) is 0 Å². The smallest absolute Gasteiger partial charge is 0.251 e. The van der Waals surface area contributed by atoms with Gasteiger partial charge in [0, 0.05) is 18.1 Å². The van der Waals surface area contributed by atoms with Gasteiger partial charge >= 0.3 is 0 Å². The number of anilines is 1. The SMILES string of the molecule is O=C(CN(CCO)CC(F)F)Nc1nccs1. The van der Waals surface area contributed by atoms with E-state index in [4.69, 9.17) is 5.11 Å². The first-order chi connectivity index (χ1) is 8.11. The lowest BCUT2D eigenvalue weighted by molar-refractivity contribution is -0.117. The molecule has 2 N–H and O–H groups in total. The van der Waals surface area contributed by atoms with E-state index in [9.17, 15) is 13.6 Å². The topological polar surface area (TPSA) is 65.5 Å². The van der Waals surface area contributed by atoms with E-state index >= 15 is 0 Å². The molecule has 0 aliphatic rings. The molecule has 0 radical (unpaired) electrons. The van der Waals surface area contributed by atoms with Crippen molar-refractivity contribution in [3.05, 3.63) is 11.6 Å². The molecule has 96 valence electrons. The highest BCUT2D eigenvalue weighted by Crippen LogP contribution is 2.10. The molecule has 0 aliphatic heterocycles. The lowest BCUT2D eigenvalue weighted by Crippen LogP contribution is -2.38. The molecule has 8 heteroatoms. The van der Waals surface area contributed by atoms with E-state index in [1.807, 2.05) is 0 Å². The van der Waals surface area contributed by atoms with Crippen molar-refractivity contribution in [1.29, 1.82) is 0 Å². The quantitative estimate of drug-likeness (QED) is 0.759. The maximum absolute atomic E-state index is 12.2. The van der Waals surface area contributed by atoms with Crippen LogP contribution in [-0.2, 0) is 4.79 Å². The molecule has 1 aromatic heterocycles. The zero-order valence-electron chi connectivity index (χ0n) is 8.97. The van der Waals surface area contributed by atoms with Crippen molar-refractivity contribution >= 4 is 22.4 Å². The first-order valence-corrected chi connectivity index (χ1v) is 5.80. The normalized spacial score (nSPS) is 11.1. The number of thiazole rings is 1. The van der Waals surface area contributed by atoms with E-state index in [2.05, 4.69) is 10.3 Å². The van der Waals surface area contributed by atoms with Gasteiger partial charge in [-0.2, -0.15) is 0 Å². The molecular weight excluding hydrogens is 252 g/mol. The molecule has 1 amide bonds. The van der Waals surface area contributed by atoms with Gasteiger partial charge in [0.1, 0.15) is 0 Å². The van der Waals surface area contributed by atoms with E-state index in [-0.39, 0.29) is 19.7 Å². The summed E-state index contributed by atoms with van der Waals surface area (Å²) in [7, 11) is 0. The third-order valence-electron chi connectivity index (χ3n) is 1.86. The van der Waals surface area contributed by atoms with Crippen LogP contribution >= 0.6 is 11.3 Å². The molecule has 0 saturated heterocycles. The third-order valence-corrected chi connectivity index (χ3v) is 2.55. The summed E-state index contributed by atoms with van der Waals surface area (Å²) in [6.45, 7) is -0.955. The van der Waals surface area contributed by atoms with Crippen LogP contribution in [0.1, 0.15) is 0 Å². The van der Waals surface area contributed by atoms with Crippen molar-refractivity contribution in [1.82, 2.24) is 9.88 Å². The van der Waals surface area contributed by atoms with E-state index in [1.54, 1.807) is 5.38 Å². The van der Waals surface area contributed by atoms with Crippen LogP contribution in [0.2, 0.25) is 0 Å². The minimum Gasteiger partial charge on any atom is -0.395 e. The summed E-state index contributed by atoms with van der Waals surface area (Å²) < 4.78 is 24.3. The maximum atomic E-state index is 12.2. The van der Waals surface area contributed by atoms with Gasteiger partial charge in [-0.1, -0.05) is 0 Å². The second-order valence-electron chi connectivity index (χ2n) is 3.24. The van der Waals surface area contributed by atoms with Crippen LogP contribution in [0.3, 0.4) is 0 Å². The number of hydrogen-bond donors (Lipinski definition) is 2. The number of aromatic nitrogens is 1. The van der Waals surface area contributed by atoms with Crippen LogP contribution in [0.5, 0.6) is 0 Å². The summed E-state index contributed by atoms with van der Waals surface area (Å²) in [6.07, 6.45) is -1.00. The number of carbonyl (C=O) groups excluding carboxylic acids is 1. The third kappa shape index (κ3) is 5.66. The van der Waals surface area contributed by atoms with Gasteiger partial charge in [-0.3, -0.25) is 9.69 Å². The van der Waals surface area contributed by atoms with Gasteiger partial charge in [0.25, 0.3) is 6.43 Å². The molecule has 1 heterocycles. The highest BCUT2D eigenvalue weighted by molar-refractivity contribution is 7.13. The lowest BCUT2D eigenvalue weighted by Gasteiger charge is -2.19. The number of nitrogens with zero attached hydrogens (tertiary/aromatic N) is 2. The average molecular weight is 265 g/mol.